The minimum absolute atomic E-state index is 0.0549. The molecule has 0 saturated heterocycles. The highest BCUT2D eigenvalue weighted by atomic mass is 35.5. The second-order valence-electron chi connectivity index (χ2n) is 10.5. The van der Waals surface area contributed by atoms with E-state index in [0.29, 0.717) is 29.2 Å². The third-order valence-corrected chi connectivity index (χ3v) is 5.27. The lowest BCUT2D eigenvalue weighted by Gasteiger charge is -2.21. The Morgan fingerprint density at radius 2 is 1.42 bits per heavy atom. The third-order valence-electron chi connectivity index (χ3n) is 5.01. The van der Waals surface area contributed by atoms with Gasteiger partial charge < -0.3 is 25.2 Å². The molecule has 1 unspecified atom stereocenters. The van der Waals surface area contributed by atoms with Gasteiger partial charge in [-0.3, -0.25) is 14.4 Å². The maximum absolute atomic E-state index is 12.5. The van der Waals surface area contributed by atoms with Gasteiger partial charge in [-0.15, -0.1) is 0 Å². The van der Waals surface area contributed by atoms with E-state index < -0.39 is 28.9 Å². The Balaban J connectivity index is 2.00. The fourth-order valence-corrected chi connectivity index (χ4v) is 2.85. The predicted octanol–water partition coefficient (Wildman–Crippen LogP) is 4.30. The van der Waals surface area contributed by atoms with Crippen molar-refractivity contribution in [2.24, 2.45) is 10.8 Å². The van der Waals surface area contributed by atoms with Crippen LogP contribution in [0.1, 0.15) is 63.6 Å². The van der Waals surface area contributed by atoms with Crippen LogP contribution in [0.3, 0.4) is 0 Å². The van der Waals surface area contributed by atoms with Crippen molar-refractivity contribution in [2.45, 2.75) is 47.6 Å². The number of hydrogen-bond acceptors (Lipinski definition) is 7. The van der Waals surface area contributed by atoms with E-state index in [1.807, 2.05) is 0 Å². The number of carbonyl (C=O) groups excluding carboxylic acids is 3. The van der Waals surface area contributed by atoms with Gasteiger partial charge in [-0.25, -0.2) is 0 Å². The summed E-state index contributed by atoms with van der Waals surface area (Å²) in [6.07, 6.45) is -0.934. The average molecular weight is 519 g/mol. The Morgan fingerprint density at radius 1 is 0.861 bits per heavy atom. The molecule has 0 bridgehead atoms. The van der Waals surface area contributed by atoms with Crippen LogP contribution in [-0.2, 0) is 9.59 Å². The number of benzene rings is 2. The van der Waals surface area contributed by atoms with E-state index in [1.165, 1.54) is 12.1 Å². The highest BCUT2D eigenvalue weighted by Gasteiger charge is 2.28. The number of hydrogen-bond donors (Lipinski definition) is 3. The summed E-state index contributed by atoms with van der Waals surface area (Å²) in [6.45, 7) is 11.3. The fraction of sp³-hybridized carbons (Fsp3) is 0.444. The molecule has 0 saturated carbocycles. The van der Waals surface area contributed by atoms with Gasteiger partial charge in [0.1, 0.15) is 0 Å². The molecule has 0 radical (unpaired) electrons. The maximum atomic E-state index is 12.5. The molecule has 1 amide bonds. The first-order valence-electron chi connectivity index (χ1n) is 11.7. The standard InChI is InChI=1S/C27H35ClN2O6/c1-26(2,3)24(33)35-21-12-9-18(15-22(21)36-25(34)27(4,5)6)20(31)16-29-13-14-30-23(32)17-7-10-19(28)11-8-17/h7-12,15,20,29,31H,13-14,16H2,1-6H3,(H,30,32). The SMILES string of the molecule is CC(C)(C)C(=O)Oc1ccc(C(O)CNCCNC(=O)c2ccc(Cl)cc2)cc1OC(=O)C(C)(C)C. The summed E-state index contributed by atoms with van der Waals surface area (Å²) in [5.41, 5.74) is -0.558. The van der Waals surface area contributed by atoms with Crippen LogP contribution in [0, 0.1) is 10.8 Å². The smallest absolute Gasteiger partial charge is 0.316 e. The summed E-state index contributed by atoms with van der Waals surface area (Å²) < 4.78 is 11.0. The molecule has 1 atom stereocenters. The maximum Gasteiger partial charge on any atom is 0.316 e. The van der Waals surface area contributed by atoms with Crippen LogP contribution >= 0.6 is 11.6 Å². The van der Waals surface area contributed by atoms with E-state index in [0.717, 1.165) is 0 Å². The Bertz CT molecular complexity index is 1070. The fourth-order valence-electron chi connectivity index (χ4n) is 2.73. The quantitative estimate of drug-likeness (QED) is 0.257. The minimum atomic E-state index is -0.934. The van der Waals surface area contributed by atoms with Crippen LogP contribution in [0.2, 0.25) is 5.02 Å². The van der Waals surface area contributed by atoms with Gasteiger partial charge in [0.15, 0.2) is 11.5 Å². The van der Waals surface area contributed by atoms with E-state index >= 15 is 0 Å². The molecule has 2 rings (SSSR count). The van der Waals surface area contributed by atoms with Gasteiger partial charge in [-0.1, -0.05) is 17.7 Å². The van der Waals surface area contributed by atoms with Crippen molar-refractivity contribution in [3.05, 3.63) is 58.6 Å². The number of aliphatic hydroxyl groups excluding tert-OH is 1. The van der Waals surface area contributed by atoms with E-state index in [1.54, 1.807) is 71.9 Å². The number of ether oxygens (including phenoxy) is 2. The normalized spacial score (nSPS) is 12.6. The van der Waals surface area contributed by atoms with Gasteiger partial charge in [-0.2, -0.15) is 0 Å². The number of amides is 1. The van der Waals surface area contributed by atoms with Crippen LogP contribution in [0.4, 0.5) is 0 Å². The first kappa shape index (κ1) is 29.3. The van der Waals surface area contributed by atoms with Crippen LogP contribution < -0.4 is 20.1 Å². The van der Waals surface area contributed by atoms with E-state index in [4.69, 9.17) is 21.1 Å². The molecule has 0 heterocycles. The molecule has 0 aliphatic carbocycles. The molecule has 3 N–H and O–H groups in total. The van der Waals surface area contributed by atoms with Crippen molar-refractivity contribution < 1.29 is 29.0 Å². The first-order chi connectivity index (χ1) is 16.7. The molecule has 0 aromatic heterocycles. The van der Waals surface area contributed by atoms with E-state index in [2.05, 4.69) is 10.6 Å². The molecular weight excluding hydrogens is 484 g/mol. The number of carbonyl (C=O) groups is 3. The van der Waals surface area contributed by atoms with Crippen molar-refractivity contribution in [1.82, 2.24) is 10.6 Å². The zero-order chi connectivity index (χ0) is 27.1. The molecule has 9 heteroatoms. The molecular formula is C27H35ClN2O6. The summed E-state index contributed by atoms with van der Waals surface area (Å²) in [7, 11) is 0. The predicted molar refractivity (Wildman–Crippen MR) is 138 cm³/mol. The molecule has 0 spiro atoms. The summed E-state index contributed by atoms with van der Waals surface area (Å²) in [6, 6.07) is 11.2. The van der Waals surface area contributed by atoms with E-state index in [-0.39, 0.29) is 24.0 Å². The molecule has 8 nitrogen and oxygen atoms in total. The Morgan fingerprint density at radius 3 is 1.97 bits per heavy atom. The van der Waals surface area contributed by atoms with Gasteiger partial charge in [0.25, 0.3) is 5.91 Å². The number of aliphatic hydroxyl groups is 1. The lowest BCUT2D eigenvalue weighted by molar-refractivity contribution is -0.145. The van der Waals surface area contributed by atoms with Crippen LogP contribution in [0.15, 0.2) is 42.5 Å². The number of esters is 2. The summed E-state index contributed by atoms with van der Waals surface area (Å²) in [5.74, 6) is -1.05. The van der Waals surface area contributed by atoms with Crippen molar-refractivity contribution in [2.75, 3.05) is 19.6 Å². The molecule has 196 valence electrons. The second kappa shape index (κ2) is 12.3. The highest BCUT2D eigenvalue weighted by Crippen LogP contribution is 2.34. The largest absolute Gasteiger partial charge is 0.422 e. The lowest BCUT2D eigenvalue weighted by atomic mass is 9.97. The summed E-state index contributed by atoms with van der Waals surface area (Å²) in [5, 5.41) is 17.1. The molecule has 36 heavy (non-hydrogen) atoms. The summed E-state index contributed by atoms with van der Waals surface area (Å²) in [4.78, 5) is 37.0. The van der Waals surface area contributed by atoms with Gasteiger partial charge in [0.05, 0.1) is 16.9 Å². The first-order valence-corrected chi connectivity index (χ1v) is 12.1. The van der Waals surface area contributed by atoms with Gasteiger partial charge in [0, 0.05) is 30.2 Å². The van der Waals surface area contributed by atoms with Crippen molar-refractivity contribution in [3.8, 4) is 11.5 Å². The van der Waals surface area contributed by atoms with Crippen LogP contribution in [-0.4, -0.2) is 42.6 Å². The van der Waals surface area contributed by atoms with Gasteiger partial charge >= 0.3 is 11.9 Å². The Kier molecular flexibility index (Phi) is 10.0. The topological polar surface area (TPSA) is 114 Å². The monoisotopic (exact) mass is 518 g/mol. The molecule has 0 aliphatic heterocycles. The summed E-state index contributed by atoms with van der Waals surface area (Å²) >= 11 is 5.83. The van der Waals surface area contributed by atoms with E-state index in [9.17, 15) is 19.5 Å². The molecule has 0 aliphatic rings. The minimum Gasteiger partial charge on any atom is -0.422 e. The van der Waals surface area contributed by atoms with Crippen molar-refractivity contribution >= 4 is 29.4 Å². The Hall–Kier alpha value is -2.94. The number of rotatable bonds is 9. The lowest BCUT2D eigenvalue weighted by Crippen LogP contribution is -2.33. The van der Waals surface area contributed by atoms with Crippen molar-refractivity contribution in [3.63, 3.8) is 0 Å². The molecule has 0 fully saturated rings. The van der Waals surface area contributed by atoms with Crippen molar-refractivity contribution in [1.29, 1.82) is 0 Å². The molecule has 2 aromatic rings. The number of halogens is 1. The van der Waals surface area contributed by atoms with Crippen LogP contribution in [0.25, 0.3) is 0 Å². The Labute approximate surface area is 217 Å². The average Bonchev–Trinajstić information content (AvgIpc) is 2.78. The third kappa shape index (κ3) is 8.93. The second-order valence-corrected chi connectivity index (χ2v) is 10.9. The van der Waals surface area contributed by atoms with Gasteiger partial charge in [-0.05, 0) is 83.5 Å². The highest BCUT2D eigenvalue weighted by molar-refractivity contribution is 6.30. The molecule has 2 aromatic carbocycles. The van der Waals surface area contributed by atoms with Gasteiger partial charge in [0.2, 0.25) is 0 Å². The number of nitrogens with one attached hydrogen (secondary N) is 2. The van der Waals surface area contributed by atoms with Crippen LogP contribution in [0.5, 0.6) is 11.5 Å². The zero-order valence-electron chi connectivity index (χ0n) is 21.6. The zero-order valence-corrected chi connectivity index (χ0v) is 22.4.